The first kappa shape index (κ1) is 14.4. The maximum atomic E-state index is 11.7. The van der Waals surface area contributed by atoms with Gasteiger partial charge in [0.1, 0.15) is 5.76 Å². The van der Waals surface area contributed by atoms with E-state index >= 15 is 0 Å². The van der Waals surface area contributed by atoms with Crippen molar-refractivity contribution in [2.45, 2.75) is 45.2 Å². The van der Waals surface area contributed by atoms with E-state index in [4.69, 9.17) is 9.52 Å². The lowest BCUT2D eigenvalue weighted by atomic mass is 10.0. The van der Waals surface area contributed by atoms with Gasteiger partial charge in [0.05, 0.1) is 18.7 Å². The van der Waals surface area contributed by atoms with Gasteiger partial charge in [-0.05, 0) is 12.8 Å². The molecule has 2 amide bonds. The molecule has 1 aliphatic rings. The van der Waals surface area contributed by atoms with Crippen molar-refractivity contribution >= 4 is 12.0 Å². The summed E-state index contributed by atoms with van der Waals surface area (Å²) in [6, 6.07) is -0.692. The number of amides is 2. The number of nitrogens with zero attached hydrogens (tertiary/aromatic N) is 1. The van der Waals surface area contributed by atoms with Gasteiger partial charge in [-0.3, -0.25) is 4.79 Å². The van der Waals surface area contributed by atoms with Crippen molar-refractivity contribution in [2.24, 2.45) is 5.92 Å². The second-order valence-corrected chi connectivity index (χ2v) is 4.88. The van der Waals surface area contributed by atoms with Gasteiger partial charge in [-0.15, -0.1) is 0 Å². The van der Waals surface area contributed by atoms with Crippen molar-refractivity contribution < 1.29 is 19.1 Å². The van der Waals surface area contributed by atoms with Gasteiger partial charge < -0.3 is 20.2 Å². The van der Waals surface area contributed by atoms with Gasteiger partial charge >= 0.3 is 12.0 Å². The van der Waals surface area contributed by atoms with E-state index in [0.717, 1.165) is 18.6 Å². The van der Waals surface area contributed by atoms with Crippen LogP contribution in [0.5, 0.6) is 0 Å². The molecule has 1 saturated carbocycles. The predicted molar refractivity (Wildman–Crippen MR) is 70.0 cm³/mol. The molecular formula is C13H19N3O4. The van der Waals surface area contributed by atoms with E-state index in [2.05, 4.69) is 15.6 Å². The van der Waals surface area contributed by atoms with Crippen molar-refractivity contribution in [3.05, 3.63) is 17.8 Å². The monoisotopic (exact) mass is 281 g/mol. The highest BCUT2D eigenvalue weighted by molar-refractivity contribution is 5.76. The lowest BCUT2D eigenvalue weighted by Crippen LogP contribution is -2.45. The van der Waals surface area contributed by atoms with Crippen molar-refractivity contribution in [1.82, 2.24) is 15.6 Å². The Morgan fingerprint density at radius 2 is 2.30 bits per heavy atom. The molecule has 0 aromatic carbocycles. The van der Waals surface area contributed by atoms with Crippen LogP contribution in [0.4, 0.5) is 4.79 Å². The lowest BCUT2D eigenvalue weighted by molar-refractivity contribution is -0.142. The van der Waals surface area contributed by atoms with Gasteiger partial charge in [0, 0.05) is 12.5 Å². The molecule has 0 bridgehead atoms. The standard InChI is InChI=1S/C13H19N3O4/c1-2-8-6-14-11(20-8)7-15-13(19)16-10-5-3-4-9(10)12(17)18/h6,9-10H,2-5,7H2,1H3,(H,17,18)(H2,15,16,19). The molecule has 0 spiro atoms. The molecule has 1 heterocycles. The number of oxazole rings is 1. The fraction of sp³-hybridized carbons (Fsp3) is 0.615. The predicted octanol–water partition coefficient (Wildman–Crippen LogP) is 1.29. The molecular weight excluding hydrogens is 262 g/mol. The zero-order valence-corrected chi connectivity index (χ0v) is 11.4. The molecule has 7 nitrogen and oxygen atoms in total. The molecule has 2 rings (SSSR count). The minimum Gasteiger partial charge on any atom is -0.481 e. The van der Waals surface area contributed by atoms with Crippen LogP contribution < -0.4 is 10.6 Å². The van der Waals surface area contributed by atoms with Crippen LogP contribution in [0, 0.1) is 5.92 Å². The van der Waals surface area contributed by atoms with Gasteiger partial charge in [0.15, 0.2) is 0 Å². The fourth-order valence-corrected chi connectivity index (χ4v) is 2.40. The number of rotatable bonds is 5. The number of aliphatic carboxylic acids is 1. The van der Waals surface area contributed by atoms with Crippen LogP contribution in [0.15, 0.2) is 10.6 Å². The van der Waals surface area contributed by atoms with Crippen LogP contribution in [0.1, 0.15) is 37.8 Å². The number of carboxylic acids is 1. The Morgan fingerprint density at radius 1 is 1.50 bits per heavy atom. The van der Waals surface area contributed by atoms with Crippen LogP contribution in [-0.2, 0) is 17.8 Å². The third kappa shape index (κ3) is 3.49. The second-order valence-electron chi connectivity index (χ2n) is 4.88. The van der Waals surface area contributed by atoms with Crippen LogP contribution in [0.2, 0.25) is 0 Å². The maximum Gasteiger partial charge on any atom is 0.315 e. The summed E-state index contributed by atoms with van der Waals surface area (Å²) in [6.07, 6.45) is 4.51. The lowest BCUT2D eigenvalue weighted by Gasteiger charge is -2.17. The number of aryl methyl sites for hydroxylation is 1. The van der Waals surface area contributed by atoms with Crippen LogP contribution in [0.25, 0.3) is 0 Å². The Bertz CT molecular complexity index is 486. The minimum absolute atomic E-state index is 0.191. The molecule has 1 aromatic rings. The minimum atomic E-state index is -0.854. The first-order valence-electron chi connectivity index (χ1n) is 6.81. The summed E-state index contributed by atoms with van der Waals surface area (Å²) in [5.41, 5.74) is 0. The smallest absolute Gasteiger partial charge is 0.315 e. The van der Waals surface area contributed by atoms with E-state index in [1.54, 1.807) is 6.20 Å². The average molecular weight is 281 g/mol. The molecule has 2 unspecified atom stereocenters. The third-order valence-electron chi connectivity index (χ3n) is 3.50. The molecule has 1 aromatic heterocycles. The zero-order valence-electron chi connectivity index (χ0n) is 11.4. The van der Waals surface area contributed by atoms with Crippen molar-refractivity contribution in [2.75, 3.05) is 0 Å². The van der Waals surface area contributed by atoms with Crippen LogP contribution >= 0.6 is 0 Å². The molecule has 2 atom stereocenters. The first-order valence-corrected chi connectivity index (χ1v) is 6.81. The summed E-state index contributed by atoms with van der Waals surface area (Å²) in [5, 5.41) is 14.4. The SMILES string of the molecule is CCc1cnc(CNC(=O)NC2CCCC2C(=O)O)o1. The number of carboxylic acid groups (broad SMARTS) is 1. The molecule has 20 heavy (non-hydrogen) atoms. The summed E-state index contributed by atoms with van der Waals surface area (Å²) >= 11 is 0. The van der Waals surface area contributed by atoms with Gasteiger partial charge in [-0.1, -0.05) is 13.3 Å². The Hall–Kier alpha value is -2.05. The van der Waals surface area contributed by atoms with Crippen molar-refractivity contribution in [3.8, 4) is 0 Å². The first-order chi connectivity index (χ1) is 9.60. The Labute approximate surface area is 116 Å². The normalized spacial score (nSPS) is 21.6. The Morgan fingerprint density at radius 3 is 2.95 bits per heavy atom. The summed E-state index contributed by atoms with van der Waals surface area (Å²) in [4.78, 5) is 26.8. The molecule has 0 aliphatic heterocycles. The second kappa shape index (κ2) is 6.40. The van der Waals surface area contributed by atoms with E-state index in [-0.39, 0.29) is 18.6 Å². The number of nitrogens with one attached hydrogen (secondary N) is 2. The molecule has 0 saturated heterocycles. The average Bonchev–Trinajstić information content (AvgIpc) is 3.04. The van der Waals surface area contributed by atoms with E-state index in [1.165, 1.54) is 0 Å². The number of hydrogen-bond acceptors (Lipinski definition) is 4. The van der Waals surface area contributed by atoms with E-state index in [1.807, 2.05) is 6.92 Å². The number of carbonyl (C=O) groups is 2. The largest absolute Gasteiger partial charge is 0.481 e. The van der Waals surface area contributed by atoms with Crippen LogP contribution in [-0.4, -0.2) is 28.1 Å². The summed E-state index contributed by atoms with van der Waals surface area (Å²) in [7, 11) is 0. The molecule has 110 valence electrons. The van der Waals surface area contributed by atoms with E-state index in [0.29, 0.717) is 18.7 Å². The zero-order chi connectivity index (χ0) is 14.5. The Kier molecular flexibility index (Phi) is 4.60. The van der Waals surface area contributed by atoms with E-state index in [9.17, 15) is 9.59 Å². The Balaban J connectivity index is 1.79. The number of hydrogen-bond donors (Lipinski definition) is 3. The molecule has 7 heteroatoms. The van der Waals surface area contributed by atoms with E-state index < -0.39 is 11.9 Å². The third-order valence-corrected chi connectivity index (χ3v) is 3.50. The number of urea groups is 1. The number of aromatic nitrogens is 1. The van der Waals surface area contributed by atoms with Gasteiger partial charge in [-0.25, -0.2) is 9.78 Å². The van der Waals surface area contributed by atoms with Crippen molar-refractivity contribution in [1.29, 1.82) is 0 Å². The van der Waals surface area contributed by atoms with Gasteiger partial charge in [-0.2, -0.15) is 0 Å². The summed E-state index contributed by atoms with van der Waals surface area (Å²) in [6.45, 7) is 2.15. The maximum absolute atomic E-state index is 11.7. The highest BCUT2D eigenvalue weighted by atomic mass is 16.4. The van der Waals surface area contributed by atoms with Gasteiger partial charge in [0.25, 0.3) is 0 Å². The highest BCUT2D eigenvalue weighted by Gasteiger charge is 2.33. The molecule has 3 N–H and O–H groups in total. The van der Waals surface area contributed by atoms with Crippen molar-refractivity contribution in [3.63, 3.8) is 0 Å². The summed E-state index contributed by atoms with van der Waals surface area (Å²) in [5.74, 6) is -0.135. The quantitative estimate of drug-likeness (QED) is 0.754. The molecule has 1 aliphatic carbocycles. The fourth-order valence-electron chi connectivity index (χ4n) is 2.40. The summed E-state index contributed by atoms with van der Waals surface area (Å²) < 4.78 is 5.36. The van der Waals surface area contributed by atoms with Crippen LogP contribution in [0.3, 0.4) is 0 Å². The number of carbonyl (C=O) groups excluding carboxylic acids is 1. The molecule has 1 fully saturated rings. The highest BCUT2D eigenvalue weighted by Crippen LogP contribution is 2.25. The molecule has 0 radical (unpaired) electrons. The topological polar surface area (TPSA) is 104 Å². The van der Waals surface area contributed by atoms with Gasteiger partial charge in [0.2, 0.25) is 5.89 Å².